The molecule has 0 aliphatic heterocycles. The molecule has 0 unspecified atom stereocenters. The van der Waals surface area contributed by atoms with E-state index in [0.717, 1.165) is 22.4 Å². The van der Waals surface area contributed by atoms with Crippen LogP contribution in [0.25, 0.3) is 32.8 Å². The van der Waals surface area contributed by atoms with Crippen molar-refractivity contribution in [2.24, 2.45) is 0 Å². The monoisotopic (exact) mass is 303 g/mol. The van der Waals surface area contributed by atoms with Gasteiger partial charge in [-0.15, -0.1) is 0 Å². The quantitative estimate of drug-likeness (QED) is 0.395. The molecule has 4 aromatic rings. The SMILES string of the molecule is Cc1ccc2c(n1)oc1c(C(C)(C)C)c(C)c3ccccc3c12. The van der Waals surface area contributed by atoms with Crippen LogP contribution in [0.15, 0.2) is 40.8 Å². The Morgan fingerprint density at radius 1 is 0.870 bits per heavy atom. The van der Waals surface area contributed by atoms with Gasteiger partial charge in [0.2, 0.25) is 5.71 Å². The molecule has 0 bridgehead atoms. The molecule has 4 rings (SSSR count). The maximum absolute atomic E-state index is 6.27. The second kappa shape index (κ2) is 4.58. The third-order valence-corrected chi connectivity index (χ3v) is 4.65. The summed E-state index contributed by atoms with van der Waals surface area (Å²) in [6, 6.07) is 12.8. The Hall–Kier alpha value is -2.35. The van der Waals surface area contributed by atoms with E-state index in [-0.39, 0.29) is 5.41 Å². The number of hydrogen-bond acceptors (Lipinski definition) is 2. The van der Waals surface area contributed by atoms with Gasteiger partial charge in [0.15, 0.2) is 0 Å². The molecule has 0 atom stereocenters. The Labute approximate surface area is 136 Å². The largest absolute Gasteiger partial charge is 0.437 e. The van der Waals surface area contributed by atoms with Gasteiger partial charge in [0.1, 0.15) is 5.58 Å². The van der Waals surface area contributed by atoms with Gasteiger partial charge in [0, 0.05) is 22.0 Å². The number of pyridine rings is 1. The summed E-state index contributed by atoms with van der Waals surface area (Å²) < 4.78 is 6.27. The first-order chi connectivity index (χ1) is 10.9. The fourth-order valence-corrected chi connectivity index (χ4v) is 3.75. The molecule has 0 amide bonds. The molecule has 2 aromatic heterocycles. The van der Waals surface area contributed by atoms with Crippen molar-refractivity contribution >= 4 is 32.8 Å². The predicted octanol–water partition coefficient (Wildman–Crippen LogP) is 6.05. The van der Waals surface area contributed by atoms with Crippen molar-refractivity contribution < 1.29 is 4.42 Å². The predicted molar refractivity (Wildman–Crippen MR) is 97.2 cm³/mol. The van der Waals surface area contributed by atoms with Gasteiger partial charge in [-0.3, -0.25) is 0 Å². The van der Waals surface area contributed by atoms with Gasteiger partial charge in [0.05, 0.1) is 0 Å². The number of furan rings is 1. The minimum Gasteiger partial charge on any atom is -0.437 e. The van der Waals surface area contributed by atoms with Crippen molar-refractivity contribution in [1.82, 2.24) is 4.98 Å². The van der Waals surface area contributed by atoms with Gasteiger partial charge in [-0.2, -0.15) is 0 Å². The van der Waals surface area contributed by atoms with Crippen LogP contribution in [0.1, 0.15) is 37.6 Å². The fourth-order valence-electron chi connectivity index (χ4n) is 3.75. The first-order valence-electron chi connectivity index (χ1n) is 8.09. The van der Waals surface area contributed by atoms with Crippen molar-refractivity contribution in [3.8, 4) is 0 Å². The number of rotatable bonds is 0. The van der Waals surface area contributed by atoms with Crippen LogP contribution in [-0.4, -0.2) is 4.98 Å². The van der Waals surface area contributed by atoms with Crippen molar-refractivity contribution in [2.45, 2.75) is 40.0 Å². The summed E-state index contributed by atoms with van der Waals surface area (Å²) in [7, 11) is 0. The number of nitrogens with zero attached hydrogens (tertiary/aromatic N) is 1. The van der Waals surface area contributed by atoms with Crippen molar-refractivity contribution in [3.63, 3.8) is 0 Å². The molecule has 116 valence electrons. The highest BCUT2D eigenvalue weighted by Gasteiger charge is 2.26. The maximum atomic E-state index is 6.27. The molecule has 0 radical (unpaired) electrons. The summed E-state index contributed by atoms with van der Waals surface area (Å²) in [5.74, 6) is 0. The zero-order valence-electron chi connectivity index (χ0n) is 14.3. The second-order valence-corrected chi connectivity index (χ2v) is 7.41. The van der Waals surface area contributed by atoms with Crippen LogP contribution in [0.3, 0.4) is 0 Å². The average Bonchev–Trinajstić information content (AvgIpc) is 2.83. The molecular weight excluding hydrogens is 282 g/mol. The van der Waals surface area contributed by atoms with Crippen LogP contribution in [-0.2, 0) is 5.41 Å². The third kappa shape index (κ3) is 1.98. The highest BCUT2D eigenvalue weighted by Crippen LogP contribution is 2.42. The Morgan fingerprint density at radius 2 is 1.57 bits per heavy atom. The lowest BCUT2D eigenvalue weighted by molar-refractivity contribution is 0.567. The number of fused-ring (bicyclic) bond motifs is 5. The first-order valence-corrected chi connectivity index (χ1v) is 8.09. The minimum atomic E-state index is 0.00921. The van der Waals surface area contributed by atoms with Gasteiger partial charge in [-0.05, 0) is 47.7 Å². The lowest BCUT2D eigenvalue weighted by Gasteiger charge is -2.23. The van der Waals surface area contributed by atoms with E-state index in [2.05, 4.69) is 69.1 Å². The molecule has 23 heavy (non-hydrogen) atoms. The van der Waals surface area contributed by atoms with Gasteiger partial charge in [-0.25, -0.2) is 4.98 Å². The molecule has 0 aliphatic rings. The molecule has 2 aromatic carbocycles. The van der Waals surface area contributed by atoms with E-state index in [9.17, 15) is 0 Å². The van der Waals surface area contributed by atoms with Crippen molar-refractivity contribution in [2.75, 3.05) is 0 Å². The Kier molecular flexibility index (Phi) is 2.84. The highest BCUT2D eigenvalue weighted by molar-refractivity contribution is 6.20. The molecule has 2 heteroatoms. The lowest BCUT2D eigenvalue weighted by atomic mass is 9.80. The van der Waals surface area contributed by atoms with Crippen LogP contribution >= 0.6 is 0 Å². The minimum absolute atomic E-state index is 0.00921. The van der Waals surface area contributed by atoms with Crippen LogP contribution in [0.5, 0.6) is 0 Å². The molecule has 0 saturated heterocycles. The smallest absolute Gasteiger partial charge is 0.227 e. The van der Waals surface area contributed by atoms with Crippen LogP contribution in [0, 0.1) is 13.8 Å². The zero-order valence-corrected chi connectivity index (χ0v) is 14.3. The standard InChI is InChI=1S/C21H21NO/c1-12-10-11-16-17-15-9-7-6-8-14(15)13(2)18(21(3,4)5)19(17)23-20(16)22-12/h6-11H,1-5H3. The Bertz CT molecular complexity index is 1060. The van der Waals surface area contributed by atoms with E-state index < -0.39 is 0 Å². The molecule has 2 heterocycles. The normalized spacial score (nSPS) is 12.6. The van der Waals surface area contributed by atoms with E-state index in [1.54, 1.807) is 0 Å². The van der Waals surface area contributed by atoms with Crippen molar-refractivity contribution in [1.29, 1.82) is 0 Å². The summed E-state index contributed by atoms with van der Waals surface area (Å²) in [5.41, 5.74) is 5.30. The maximum Gasteiger partial charge on any atom is 0.227 e. The summed E-state index contributed by atoms with van der Waals surface area (Å²) in [4.78, 5) is 4.61. The first kappa shape index (κ1) is 14.3. The topological polar surface area (TPSA) is 26.0 Å². The van der Waals surface area contributed by atoms with Gasteiger partial charge in [-0.1, -0.05) is 45.0 Å². The Balaban J connectivity index is 2.36. The molecule has 0 saturated carbocycles. The van der Waals surface area contributed by atoms with Crippen LogP contribution < -0.4 is 0 Å². The lowest BCUT2D eigenvalue weighted by Crippen LogP contribution is -2.13. The summed E-state index contributed by atoms with van der Waals surface area (Å²) >= 11 is 0. The number of aromatic nitrogens is 1. The van der Waals surface area contributed by atoms with Gasteiger partial charge >= 0.3 is 0 Å². The average molecular weight is 303 g/mol. The molecule has 0 aliphatic carbocycles. The number of benzene rings is 2. The highest BCUT2D eigenvalue weighted by atomic mass is 16.3. The van der Waals surface area contributed by atoms with Crippen LogP contribution in [0.2, 0.25) is 0 Å². The van der Waals surface area contributed by atoms with Gasteiger partial charge < -0.3 is 4.42 Å². The van der Waals surface area contributed by atoms with E-state index in [4.69, 9.17) is 4.42 Å². The molecule has 0 spiro atoms. The molecule has 0 N–H and O–H groups in total. The van der Waals surface area contributed by atoms with E-state index in [1.165, 1.54) is 27.3 Å². The third-order valence-electron chi connectivity index (χ3n) is 4.65. The van der Waals surface area contributed by atoms with E-state index in [0.29, 0.717) is 0 Å². The Morgan fingerprint density at radius 3 is 2.26 bits per heavy atom. The molecule has 0 fully saturated rings. The summed E-state index contributed by atoms with van der Waals surface area (Å²) in [5, 5.41) is 4.84. The summed E-state index contributed by atoms with van der Waals surface area (Å²) in [6.07, 6.45) is 0. The molecular formula is C21H21NO. The molecule has 2 nitrogen and oxygen atoms in total. The summed E-state index contributed by atoms with van der Waals surface area (Å²) in [6.45, 7) is 10.9. The van der Waals surface area contributed by atoms with Gasteiger partial charge in [0.25, 0.3) is 0 Å². The second-order valence-electron chi connectivity index (χ2n) is 7.41. The number of aryl methyl sites for hydroxylation is 2. The van der Waals surface area contributed by atoms with Crippen molar-refractivity contribution in [3.05, 3.63) is 53.2 Å². The zero-order chi connectivity index (χ0) is 16.4. The number of hydrogen-bond donors (Lipinski definition) is 0. The van der Waals surface area contributed by atoms with Crippen LogP contribution in [0.4, 0.5) is 0 Å². The van der Waals surface area contributed by atoms with E-state index >= 15 is 0 Å². The van der Waals surface area contributed by atoms with E-state index in [1.807, 2.05) is 6.92 Å². The fraction of sp³-hybridized carbons (Fsp3) is 0.286.